The fourth-order valence-electron chi connectivity index (χ4n) is 1.16. The summed E-state index contributed by atoms with van der Waals surface area (Å²) in [5.74, 6) is 0.644. The topological polar surface area (TPSA) is 101 Å². The van der Waals surface area contributed by atoms with Crippen molar-refractivity contribution in [3.8, 4) is 0 Å². The van der Waals surface area contributed by atoms with Crippen LogP contribution in [0.1, 0.15) is 0 Å². The molecular formula is C8H13N3O4S3. The Kier molecular flexibility index (Phi) is 5.38. The van der Waals surface area contributed by atoms with E-state index < -0.39 is 14.9 Å². The van der Waals surface area contributed by atoms with Crippen LogP contribution in [-0.2, 0) is 10.0 Å². The standard InChI is InChI=1S/C8H13N3O4S3/c1-9-8-6(11(12)13)5-7(17-8)18(14,15)10-3-4-16-2/h5,9-10H,3-4H2,1-2H3. The lowest BCUT2D eigenvalue weighted by molar-refractivity contribution is -0.383. The van der Waals surface area contributed by atoms with Gasteiger partial charge in [0.25, 0.3) is 0 Å². The van der Waals surface area contributed by atoms with Gasteiger partial charge in [-0.25, -0.2) is 13.1 Å². The quantitative estimate of drug-likeness (QED) is 0.447. The molecule has 0 radical (unpaired) electrons. The second-order valence-corrected chi connectivity index (χ2v) is 7.21. The van der Waals surface area contributed by atoms with Gasteiger partial charge in [-0.1, -0.05) is 11.3 Å². The lowest BCUT2D eigenvalue weighted by Gasteiger charge is -2.02. The summed E-state index contributed by atoms with van der Waals surface area (Å²) in [6, 6.07) is 1.07. The first-order valence-electron chi connectivity index (χ1n) is 4.87. The first kappa shape index (κ1) is 15.2. The normalized spacial score (nSPS) is 11.4. The summed E-state index contributed by atoms with van der Waals surface area (Å²) in [6.07, 6.45) is 1.86. The maximum absolute atomic E-state index is 11.9. The van der Waals surface area contributed by atoms with Crippen LogP contribution in [0.5, 0.6) is 0 Å². The van der Waals surface area contributed by atoms with Crippen molar-refractivity contribution in [2.45, 2.75) is 4.21 Å². The minimum absolute atomic E-state index is 0.0559. The minimum atomic E-state index is -3.67. The van der Waals surface area contributed by atoms with Crippen LogP contribution >= 0.6 is 23.1 Å². The van der Waals surface area contributed by atoms with Crippen molar-refractivity contribution in [3.63, 3.8) is 0 Å². The van der Waals surface area contributed by atoms with E-state index in [9.17, 15) is 18.5 Å². The van der Waals surface area contributed by atoms with Gasteiger partial charge < -0.3 is 5.32 Å². The number of thiophene rings is 1. The SMILES string of the molecule is CNc1sc(S(=O)(=O)NCCSC)cc1[N+](=O)[O-]. The van der Waals surface area contributed by atoms with E-state index in [0.29, 0.717) is 12.3 Å². The van der Waals surface area contributed by atoms with Crippen molar-refractivity contribution < 1.29 is 13.3 Å². The Labute approximate surface area is 113 Å². The van der Waals surface area contributed by atoms with Gasteiger partial charge in [-0.3, -0.25) is 10.1 Å². The third-order valence-corrected chi connectivity index (χ3v) is 5.67. The van der Waals surface area contributed by atoms with Crippen LogP contribution in [0.15, 0.2) is 10.3 Å². The van der Waals surface area contributed by atoms with Gasteiger partial charge in [0.15, 0.2) is 5.00 Å². The third-order valence-electron chi connectivity index (χ3n) is 1.98. The van der Waals surface area contributed by atoms with Crippen LogP contribution < -0.4 is 10.0 Å². The molecule has 0 saturated carbocycles. The van der Waals surface area contributed by atoms with E-state index in [1.807, 2.05) is 6.26 Å². The molecule has 0 unspecified atom stereocenters. The average molecular weight is 311 g/mol. The molecule has 0 amide bonds. The Morgan fingerprint density at radius 1 is 1.56 bits per heavy atom. The molecule has 7 nitrogen and oxygen atoms in total. The number of anilines is 1. The molecule has 10 heteroatoms. The number of thioether (sulfide) groups is 1. The maximum Gasteiger partial charge on any atom is 0.304 e. The molecule has 1 rings (SSSR count). The number of nitro groups is 1. The highest BCUT2D eigenvalue weighted by Crippen LogP contribution is 2.36. The molecule has 1 aromatic rings. The molecule has 0 atom stereocenters. The summed E-state index contributed by atoms with van der Waals surface area (Å²) in [4.78, 5) is 10.1. The summed E-state index contributed by atoms with van der Waals surface area (Å²) < 4.78 is 26.0. The molecule has 0 aromatic carbocycles. The van der Waals surface area contributed by atoms with Crippen molar-refractivity contribution in [1.29, 1.82) is 0 Å². The smallest absolute Gasteiger partial charge is 0.304 e. The molecule has 0 spiro atoms. The number of hydrogen-bond donors (Lipinski definition) is 2. The predicted molar refractivity (Wildman–Crippen MR) is 74.1 cm³/mol. The number of rotatable bonds is 7. The second-order valence-electron chi connectivity index (χ2n) is 3.18. The highest BCUT2D eigenvalue weighted by molar-refractivity contribution is 7.98. The zero-order valence-corrected chi connectivity index (χ0v) is 12.2. The summed E-state index contributed by atoms with van der Waals surface area (Å²) in [5.41, 5.74) is -0.229. The zero-order valence-electron chi connectivity index (χ0n) is 9.80. The van der Waals surface area contributed by atoms with Crippen molar-refractivity contribution in [3.05, 3.63) is 16.2 Å². The Morgan fingerprint density at radius 2 is 2.22 bits per heavy atom. The Bertz CT molecular complexity index is 526. The molecule has 1 aromatic heterocycles. The molecule has 0 aliphatic heterocycles. The van der Waals surface area contributed by atoms with Gasteiger partial charge >= 0.3 is 5.69 Å². The Balaban J connectivity index is 2.99. The Hall–Kier alpha value is -0.840. The van der Waals surface area contributed by atoms with Gasteiger partial charge in [0.05, 0.1) is 4.92 Å². The highest BCUT2D eigenvalue weighted by atomic mass is 32.2. The van der Waals surface area contributed by atoms with Gasteiger partial charge in [0.2, 0.25) is 10.0 Å². The van der Waals surface area contributed by atoms with E-state index >= 15 is 0 Å². The number of nitrogens with one attached hydrogen (secondary N) is 2. The van der Waals surface area contributed by atoms with E-state index in [1.54, 1.807) is 0 Å². The second kappa shape index (κ2) is 6.36. The number of sulfonamides is 1. The zero-order chi connectivity index (χ0) is 13.8. The summed E-state index contributed by atoms with van der Waals surface area (Å²) in [6.45, 7) is 0.296. The first-order chi connectivity index (χ1) is 8.42. The lowest BCUT2D eigenvalue weighted by atomic mass is 10.5. The van der Waals surface area contributed by atoms with E-state index in [2.05, 4.69) is 10.0 Å². The van der Waals surface area contributed by atoms with Crippen molar-refractivity contribution in [1.82, 2.24) is 4.72 Å². The molecule has 18 heavy (non-hydrogen) atoms. The fraction of sp³-hybridized carbons (Fsp3) is 0.500. The molecule has 0 saturated heterocycles. The van der Waals surface area contributed by atoms with E-state index in [1.165, 1.54) is 18.8 Å². The minimum Gasteiger partial charge on any atom is -0.374 e. The molecule has 0 aliphatic carbocycles. The van der Waals surface area contributed by atoms with Crippen LogP contribution in [0.2, 0.25) is 0 Å². The van der Waals surface area contributed by atoms with E-state index in [-0.39, 0.29) is 14.9 Å². The predicted octanol–water partition coefficient (Wildman–Crippen LogP) is 1.34. The molecule has 0 fully saturated rings. The Morgan fingerprint density at radius 3 is 2.67 bits per heavy atom. The van der Waals surface area contributed by atoms with Crippen LogP contribution in [0.4, 0.5) is 10.7 Å². The highest BCUT2D eigenvalue weighted by Gasteiger charge is 2.25. The van der Waals surface area contributed by atoms with Gasteiger partial charge in [0.1, 0.15) is 4.21 Å². The van der Waals surface area contributed by atoms with E-state index in [4.69, 9.17) is 0 Å². The maximum atomic E-state index is 11.9. The summed E-state index contributed by atoms with van der Waals surface area (Å²) in [5, 5.41) is 13.6. The summed E-state index contributed by atoms with van der Waals surface area (Å²) >= 11 is 2.35. The largest absolute Gasteiger partial charge is 0.374 e. The van der Waals surface area contributed by atoms with E-state index in [0.717, 1.165) is 17.4 Å². The van der Waals surface area contributed by atoms with Crippen LogP contribution in [0.3, 0.4) is 0 Å². The molecule has 2 N–H and O–H groups in total. The fourth-order valence-corrected chi connectivity index (χ4v) is 3.95. The molecule has 0 bridgehead atoms. The van der Waals surface area contributed by atoms with Crippen LogP contribution in [0, 0.1) is 10.1 Å². The average Bonchev–Trinajstić information content (AvgIpc) is 2.74. The third kappa shape index (κ3) is 3.57. The molecule has 0 aliphatic rings. The number of nitrogens with zero attached hydrogens (tertiary/aromatic N) is 1. The van der Waals surface area contributed by atoms with Gasteiger partial charge in [-0.15, -0.1) is 0 Å². The van der Waals surface area contributed by atoms with Gasteiger partial charge in [-0.2, -0.15) is 11.8 Å². The first-order valence-corrected chi connectivity index (χ1v) is 8.56. The van der Waals surface area contributed by atoms with Gasteiger partial charge in [0, 0.05) is 25.4 Å². The van der Waals surface area contributed by atoms with Crippen LogP contribution in [-0.4, -0.2) is 38.9 Å². The summed E-state index contributed by atoms with van der Waals surface area (Å²) in [7, 11) is -2.16. The number of hydrogen-bond acceptors (Lipinski definition) is 7. The molecular weight excluding hydrogens is 298 g/mol. The lowest BCUT2D eigenvalue weighted by Crippen LogP contribution is -2.25. The van der Waals surface area contributed by atoms with Crippen molar-refractivity contribution in [2.75, 3.05) is 30.9 Å². The molecule has 1 heterocycles. The van der Waals surface area contributed by atoms with Crippen molar-refractivity contribution in [2.24, 2.45) is 0 Å². The van der Waals surface area contributed by atoms with Crippen molar-refractivity contribution >= 4 is 43.8 Å². The molecule has 102 valence electrons. The van der Waals surface area contributed by atoms with Crippen LogP contribution in [0.25, 0.3) is 0 Å². The monoisotopic (exact) mass is 311 g/mol. The van der Waals surface area contributed by atoms with Gasteiger partial charge in [-0.05, 0) is 6.26 Å².